The monoisotopic (exact) mass is 363 g/mol. The van der Waals surface area contributed by atoms with Gasteiger partial charge in [0.15, 0.2) is 0 Å². The molecule has 26 heavy (non-hydrogen) atoms. The van der Waals surface area contributed by atoms with E-state index in [2.05, 4.69) is 42.4 Å². The third-order valence-corrected chi connectivity index (χ3v) is 7.68. The van der Waals surface area contributed by atoms with E-state index in [4.69, 9.17) is 0 Å². The molecule has 0 radical (unpaired) electrons. The summed E-state index contributed by atoms with van der Waals surface area (Å²) in [6.07, 6.45) is 7.48. The van der Waals surface area contributed by atoms with Crippen LogP contribution in [0.1, 0.15) is 66.2 Å². The SMILES string of the molecule is CCC(C)C(=O)N1CCC2(CCN(CC3CCN(C(C)CC)CC3)C2)C1. The van der Waals surface area contributed by atoms with Gasteiger partial charge in [0.2, 0.25) is 5.91 Å². The minimum atomic E-state index is 0.193. The van der Waals surface area contributed by atoms with Crippen molar-refractivity contribution < 1.29 is 4.79 Å². The van der Waals surface area contributed by atoms with Crippen LogP contribution in [0, 0.1) is 17.3 Å². The molecule has 150 valence electrons. The number of carbonyl (C=O) groups excluding carboxylic acids is 1. The third-order valence-electron chi connectivity index (χ3n) is 7.68. The van der Waals surface area contributed by atoms with Crippen LogP contribution in [0.25, 0.3) is 0 Å². The van der Waals surface area contributed by atoms with Crippen LogP contribution in [-0.4, -0.2) is 72.5 Å². The maximum Gasteiger partial charge on any atom is 0.225 e. The minimum Gasteiger partial charge on any atom is -0.342 e. The summed E-state index contributed by atoms with van der Waals surface area (Å²) in [5, 5.41) is 0. The number of rotatable bonds is 6. The lowest BCUT2D eigenvalue weighted by molar-refractivity contribution is -0.134. The van der Waals surface area contributed by atoms with E-state index >= 15 is 0 Å². The fourth-order valence-electron chi connectivity index (χ4n) is 5.33. The Hall–Kier alpha value is -0.610. The molecular weight excluding hydrogens is 322 g/mol. The van der Waals surface area contributed by atoms with Crippen molar-refractivity contribution in [2.24, 2.45) is 17.3 Å². The Morgan fingerprint density at radius 1 is 1.00 bits per heavy atom. The molecule has 3 aliphatic heterocycles. The highest BCUT2D eigenvalue weighted by molar-refractivity contribution is 5.78. The highest BCUT2D eigenvalue weighted by Crippen LogP contribution is 2.40. The summed E-state index contributed by atoms with van der Waals surface area (Å²) in [6.45, 7) is 17.2. The molecule has 0 saturated carbocycles. The first kappa shape index (κ1) is 20.1. The van der Waals surface area contributed by atoms with Gasteiger partial charge in [0.25, 0.3) is 0 Å². The van der Waals surface area contributed by atoms with E-state index in [-0.39, 0.29) is 5.92 Å². The standard InChI is InChI=1S/C22H41N3O/c1-5-18(3)21(26)25-14-10-22(17-25)9-13-23(16-22)15-20-7-11-24(12-8-20)19(4)6-2/h18-20H,5-17H2,1-4H3. The Bertz CT molecular complexity index is 474. The van der Waals surface area contributed by atoms with Gasteiger partial charge < -0.3 is 14.7 Å². The Kier molecular flexibility index (Phi) is 6.66. The second-order valence-corrected chi connectivity index (χ2v) is 9.54. The first-order valence-electron chi connectivity index (χ1n) is 11.2. The van der Waals surface area contributed by atoms with Gasteiger partial charge in [-0.3, -0.25) is 4.79 Å². The smallest absolute Gasteiger partial charge is 0.225 e. The molecule has 1 spiro atoms. The van der Waals surface area contributed by atoms with Gasteiger partial charge in [-0.05, 0) is 71.0 Å². The normalized spacial score (nSPS) is 31.0. The molecule has 0 N–H and O–H groups in total. The van der Waals surface area contributed by atoms with Gasteiger partial charge in [0, 0.05) is 43.6 Å². The number of hydrogen-bond acceptors (Lipinski definition) is 3. The molecule has 0 aliphatic carbocycles. The van der Waals surface area contributed by atoms with Crippen LogP contribution in [-0.2, 0) is 4.79 Å². The van der Waals surface area contributed by atoms with Crippen LogP contribution in [0.2, 0.25) is 0 Å². The first-order chi connectivity index (χ1) is 12.5. The number of amides is 1. The number of nitrogens with zero attached hydrogens (tertiary/aromatic N) is 3. The maximum atomic E-state index is 12.5. The van der Waals surface area contributed by atoms with Gasteiger partial charge in [-0.1, -0.05) is 20.8 Å². The summed E-state index contributed by atoms with van der Waals surface area (Å²) in [4.78, 5) is 20.1. The van der Waals surface area contributed by atoms with E-state index in [1.165, 1.54) is 64.8 Å². The first-order valence-corrected chi connectivity index (χ1v) is 11.2. The highest BCUT2D eigenvalue weighted by Gasteiger charge is 2.45. The van der Waals surface area contributed by atoms with Crippen LogP contribution in [0.15, 0.2) is 0 Å². The summed E-state index contributed by atoms with van der Waals surface area (Å²) >= 11 is 0. The Morgan fingerprint density at radius 3 is 2.35 bits per heavy atom. The van der Waals surface area contributed by atoms with Gasteiger partial charge in [0.1, 0.15) is 0 Å². The van der Waals surface area contributed by atoms with Crippen molar-refractivity contribution in [3.63, 3.8) is 0 Å². The molecule has 3 unspecified atom stereocenters. The van der Waals surface area contributed by atoms with Crippen molar-refractivity contribution >= 4 is 5.91 Å². The summed E-state index contributed by atoms with van der Waals surface area (Å²) in [6, 6.07) is 0.749. The Morgan fingerprint density at radius 2 is 1.69 bits per heavy atom. The molecule has 0 aromatic rings. The van der Waals surface area contributed by atoms with E-state index in [9.17, 15) is 4.79 Å². The summed E-state index contributed by atoms with van der Waals surface area (Å²) in [7, 11) is 0. The lowest BCUT2D eigenvalue weighted by Crippen LogP contribution is -2.42. The average Bonchev–Trinajstić information content (AvgIpc) is 3.27. The van der Waals surface area contributed by atoms with E-state index < -0.39 is 0 Å². The Labute approximate surface area is 161 Å². The van der Waals surface area contributed by atoms with Crippen LogP contribution in [0.3, 0.4) is 0 Å². The molecular formula is C22H41N3O. The third kappa shape index (κ3) is 4.44. The molecule has 3 aliphatic rings. The molecule has 3 heterocycles. The predicted octanol–water partition coefficient (Wildman–Crippen LogP) is 3.47. The number of hydrogen-bond donors (Lipinski definition) is 0. The highest BCUT2D eigenvalue weighted by atomic mass is 16.2. The molecule has 1 amide bonds. The van der Waals surface area contributed by atoms with Crippen molar-refractivity contribution in [1.29, 1.82) is 0 Å². The average molecular weight is 364 g/mol. The van der Waals surface area contributed by atoms with Gasteiger partial charge in [-0.2, -0.15) is 0 Å². The maximum absolute atomic E-state index is 12.5. The zero-order chi connectivity index (χ0) is 18.7. The van der Waals surface area contributed by atoms with Gasteiger partial charge in [-0.25, -0.2) is 0 Å². The predicted molar refractivity (Wildman–Crippen MR) is 108 cm³/mol. The Balaban J connectivity index is 1.44. The van der Waals surface area contributed by atoms with Crippen molar-refractivity contribution in [2.75, 3.05) is 45.8 Å². The van der Waals surface area contributed by atoms with Crippen LogP contribution >= 0.6 is 0 Å². The molecule has 3 rings (SSSR count). The summed E-state index contributed by atoms with van der Waals surface area (Å²) < 4.78 is 0. The van der Waals surface area contributed by atoms with E-state index in [1.807, 2.05) is 0 Å². The fraction of sp³-hybridized carbons (Fsp3) is 0.955. The number of likely N-dealkylation sites (tertiary alicyclic amines) is 3. The van der Waals surface area contributed by atoms with Crippen molar-refractivity contribution in [1.82, 2.24) is 14.7 Å². The second-order valence-electron chi connectivity index (χ2n) is 9.54. The topological polar surface area (TPSA) is 26.8 Å². The van der Waals surface area contributed by atoms with Crippen molar-refractivity contribution in [2.45, 2.75) is 72.3 Å². The summed E-state index contributed by atoms with van der Waals surface area (Å²) in [5.41, 5.74) is 0.403. The van der Waals surface area contributed by atoms with Gasteiger partial charge in [0.05, 0.1) is 0 Å². The molecule has 0 aromatic heterocycles. The molecule has 0 bridgehead atoms. The zero-order valence-electron chi connectivity index (χ0n) is 17.7. The zero-order valence-corrected chi connectivity index (χ0v) is 17.7. The van der Waals surface area contributed by atoms with Gasteiger partial charge >= 0.3 is 0 Å². The molecule has 4 nitrogen and oxygen atoms in total. The molecule has 3 atom stereocenters. The largest absolute Gasteiger partial charge is 0.342 e. The van der Waals surface area contributed by atoms with Gasteiger partial charge in [-0.15, -0.1) is 0 Å². The number of piperidine rings is 1. The van der Waals surface area contributed by atoms with E-state index in [0.29, 0.717) is 11.3 Å². The second kappa shape index (κ2) is 8.60. The van der Waals surface area contributed by atoms with E-state index in [1.54, 1.807) is 0 Å². The van der Waals surface area contributed by atoms with E-state index in [0.717, 1.165) is 31.5 Å². The van der Waals surface area contributed by atoms with Crippen LogP contribution in [0.4, 0.5) is 0 Å². The lowest BCUT2D eigenvalue weighted by Gasteiger charge is -2.37. The van der Waals surface area contributed by atoms with Crippen molar-refractivity contribution in [3.8, 4) is 0 Å². The van der Waals surface area contributed by atoms with Crippen LogP contribution < -0.4 is 0 Å². The molecule has 4 heteroatoms. The quantitative estimate of drug-likeness (QED) is 0.723. The minimum absolute atomic E-state index is 0.193. The molecule has 0 aromatic carbocycles. The summed E-state index contributed by atoms with van der Waals surface area (Å²) in [5.74, 6) is 1.46. The fourth-order valence-corrected chi connectivity index (χ4v) is 5.33. The number of carbonyl (C=O) groups is 1. The lowest BCUT2D eigenvalue weighted by atomic mass is 9.86. The molecule has 3 fully saturated rings. The van der Waals surface area contributed by atoms with Crippen LogP contribution in [0.5, 0.6) is 0 Å². The molecule has 3 saturated heterocycles. The van der Waals surface area contributed by atoms with Crippen molar-refractivity contribution in [3.05, 3.63) is 0 Å².